The lowest BCUT2D eigenvalue weighted by molar-refractivity contribution is -0.146. The Hall–Kier alpha value is -2.44. The van der Waals surface area contributed by atoms with Crippen LogP contribution < -0.4 is 9.47 Å². The van der Waals surface area contributed by atoms with Crippen molar-refractivity contribution < 1.29 is 19.1 Å². The van der Waals surface area contributed by atoms with Crippen molar-refractivity contribution >= 4 is 11.9 Å². The molecule has 1 atom stereocenters. The Balaban J connectivity index is 1.49. The summed E-state index contributed by atoms with van der Waals surface area (Å²) < 4.78 is 11.1. The van der Waals surface area contributed by atoms with Crippen molar-refractivity contribution in [2.24, 2.45) is 5.92 Å². The van der Waals surface area contributed by atoms with Crippen molar-refractivity contribution in [2.75, 3.05) is 47.4 Å². The maximum atomic E-state index is 12.7. The Morgan fingerprint density at radius 1 is 1.12 bits per heavy atom. The SMILES string of the molecule is COc1cccc(OC2CN(C(=O)C3CCCN(C(=O)N(C)C)C3)C2)c1. The lowest BCUT2D eigenvalue weighted by atomic mass is 9.95. The fourth-order valence-electron chi connectivity index (χ4n) is 3.45. The van der Waals surface area contributed by atoms with E-state index < -0.39 is 0 Å². The van der Waals surface area contributed by atoms with Crippen molar-refractivity contribution in [3.63, 3.8) is 0 Å². The van der Waals surface area contributed by atoms with E-state index in [2.05, 4.69) is 0 Å². The Morgan fingerprint density at radius 2 is 1.85 bits per heavy atom. The predicted molar refractivity (Wildman–Crippen MR) is 97.4 cm³/mol. The number of piperidine rings is 1. The van der Waals surface area contributed by atoms with E-state index in [0.717, 1.165) is 30.9 Å². The molecular formula is C19H27N3O4. The van der Waals surface area contributed by atoms with Crippen LogP contribution in [0.15, 0.2) is 24.3 Å². The molecule has 7 heteroatoms. The molecule has 142 valence electrons. The lowest BCUT2D eigenvalue weighted by Crippen LogP contribution is -2.59. The molecule has 0 aliphatic carbocycles. The van der Waals surface area contributed by atoms with Crippen molar-refractivity contribution in [3.05, 3.63) is 24.3 Å². The highest BCUT2D eigenvalue weighted by Crippen LogP contribution is 2.26. The molecule has 0 bridgehead atoms. The van der Waals surface area contributed by atoms with E-state index in [9.17, 15) is 9.59 Å². The predicted octanol–water partition coefficient (Wildman–Crippen LogP) is 1.68. The molecule has 0 N–H and O–H groups in total. The maximum absolute atomic E-state index is 12.7. The Labute approximate surface area is 154 Å². The standard InChI is InChI=1S/C19H27N3O4/c1-20(2)19(24)21-9-5-6-14(11-21)18(23)22-12-17(13-22)26-16-8-4-7-15(10-16)25-3/h4,7-8,10,14,17H,5-6,9,11-13H2,1-3H3. The number of rotatable bonds is 4. The lowest BCUT2D eigenvalue weighted by Gasteiger charge is -2.42. The number of carbonyl (C=O) groups is 2. The summed E-state index contributed by atoms with van der Waals surface area (Å²) in [6.07, 6.45) is 1.72. The van der Waals surface area contributed by atoms with Crippen LogP contribution in [0.3, 0.4) is 0 Å². The van der Waals surface area contributed by atoms with Gasteiger partial charge in [0.15, 0.2) is 0 Å². The number of urea groups is 1. The summed E-state index contributed by atoms with van der Waals surface area (Å²) in [5, 5.41) is 0. The third kappa shape index (κ3) is 4.03. The average Bonchev–Trinajstić information content (AvgIpc) is 2.63. The first-order valence-electron chi connectivity index (χ1n) is 9.03. The fraction of sp³-hybridized carbons (Fsp3) is 0.579. The van der Waals surface area contributed by atoms with E-state index in [-0.39, 0.29) is 24.0 Å². The van der Waals surface area contributed by atoms with Crippen molar-refractivity contribution in [3.8, 4) is 11.5 Å². The Bertz CT molecular complexity index is 658. The van der Waals surface area contributed by atoms with Gasteiger partial charge in [-0.25, -0.2) is 4.79 Å². The van der Waals surface area contributed by atoms with Gasteiger partial charge in [0.2, 0.25) is 5.91 Å². The van der Waals surface area contributed by atoms with Gasteiger partial charge in [-0.15, -0.1) is 0 Å². The Morgan fingerprint density at radius 3 is 2.54 bits per heavy atom. The first-order chi connectivity index (χ1) is 12.5. The molecule has 0 radical (unpaired) electrons. The number of carbonyl (C=O) groups excluding carboxylic acids is 2. The first kappa shape index (κ1) is 18.4. The van der Waals surface area contributed by atoms with Crippen molar-refractivity contribution in [1.29, 1.82) is 0 Å². The summed E-state index contributed by atoms with van der Waals surface area (Å²) in [4.78, 5) is 30.0. The van der Waals surface area contributed by atoms with Crippen LogP contribution in [0, 0.1) is 5.92 Å². The molecule has 0 spiro atoms. The van der Waals surface area contributed by atoms with Crippen LogP contribution in [-0.4, -0.2) is 80.1 Å². The molecule has 1 aromatic carbocycles. The molecular weight excluding hydrogens is 334 g/mol. The van der Waals surface area contributed by atoms with E-state index in [0.29, 0.717) is 19.6 Å². The smallest absolute Gasteiger partial charge is 0.319 e. The zero-order valence-electron chi connectivity index (χ0n) is 15.7. The minimum Gasteiger partial charge on any atom is -0.497 e. The third-order valence-electron chi connectivity index (χ3n) is 4.93. The number of hydrogen-bond acceptors (Lipinski definition) is 4. The molecule has 2 saturated heterocycles. The summed E-state index contributed by atoms with van der Waals surface area (Å²) in [7, 11) is 5.10. The van der Waals surface area contributed by atoms with E-state index >= 15 is 0 Å². The summed E-state index contributed by atoms with van der Waals surface area (Å²) in [5.74, 6) is 1.53. The van der Waals surface area contributed by atoms with Crippen LogP contribution in [0.1, 0.15) is 12.8 Å². The molecule has 3 rings (SSSR count). The molecule has 2 fully saturated rings. The van der Waals surface area contributed by atoms with Gasteiger partial charge in [-0.2, -0.15) is 0 Å². The molecule has 2 aliphatic heterocycles. The normalized spacial score (nSPS) is 20.3. The van der Waals surface area contributed by atoms with Crippen molar-refractivity contribution in [1.82, 2.24) is 14.7 Å². The van der Waals surface area contributed by atoms with E-state index in [1.54, 1.807) is 31.0 Å². The molecule has 0 saturated carbocycles. The maximum Gasteiger partial charge on any atom is 0.319 e. The minimum absolute atomic E-state index is 0.00848. The van der Waals surface area contributed by atoms with Gasteiger partial charge >= 0.3 is 6.03 Å². The molecule has 0 aromatic heterocycles. The number of amides is 3. The highest BCUT2D eigenvalue weighted by atomic mass is 16.5. The topological polar surface area (TPSA) is 62.3 Å². The van der Waals surface area contributed by atoms with Gasteiger partial charge in [-0.1, -0.05) is 6.07 Å². The Kier molecular flexibility index (Phi) is 5.54. The number of benzene rings is 1. The van der Waals surface area contributed by atoms with Crippen LogP contribution >= 0.6 is 0 Å². The average molecular weight is 361 g/mol. The second-order valence-electron chi connectivity index (χ2n) is 7.12. The van der Waals surface area contributed by atoms with Crippen LogP contribution in [0.5, 0.6) is 11.5 Å². The monoisotopic (exact) mass is 361 g/mol. The highest BCUT2D eigenvalue weighted by Gasteiger charge is 2.38. The zero-order valence-corrected chi connectivity index (χ0v) is 15.7. The number of likely N-dealkylation sites (tertiary alicyclic amines) is 2. The minimum atomic E-state index is -0.106. The van der Waals surface area contributed by atoms with E-state index in [1.807, 2.05) is 29.2 Å². The number of hydrogen-bond donors (Lipinski definition) is 0. The van der Waals surface area contributed by atoms with Crippen LogP contribution in [0.25, 0.3) is 0 Å². The van der Waals surface area contributed by atoms with E-state index in [1.165, 1.54) is 0 Å². The van der Waals surface area contributed by atoms with Crippen LogP contribution in [0.2, 0.25) is 0 Å². The number of ether oxygens (including phenoxy) is 2. The molecule has 1 unspecified atom stereocenters. The molecule has 2 heterocycles. The second kappa shape index (κ2) is 7.85. The van der Waals surface area contributed by atoms with Crippen molar-refractivity contribution in [2.45, 2.75) is 18.9 Å². The summed E-state index contributed by atoms with van der Waals surface area (Å²) >= 11 is 0. The molecule has 2 aliphatic rings. The number of methoxy groups -OCH3 is 1. The molecule has 26 heavy (non-hydrogen) atoms. The summed E-state index contributed by atoms with van der Waals surface area (Å²) in [6.45, 7) is 2.42. The third-order valence-corrected chi connectivity index (χ3v) is 4.93. The second-order valence-corrected chi connectivity index (χ2v) is 7.12. The van der Waals surface area contributed by atoms with Crippen LogP contribution in [-0.2, 0) is 4.79 Å². The molecule has 3 amide bonds. The molecule has 7 nitrogen and oxygen atoms in total. The molecule has 1 aromatic rings. The van der Waals surface area contributed by atoms with Gasteiger partial charge in [0, 0.05) is 33.3 Å². The van der Waals surface area contributed by atoms with Gasteiger partial charge in [-0.3, -0.25) is 4.79 Å². The first-order valence-corrected chi connectivity index (χ1v) is 9.03. The van der Waals surface area contributed by atoms with Crippen LogP contribution in [0.4, 0.5) is 4.79 Å². The van der Waals surface area contributed by atoms with Gasteiger partial charge in [0.1, 0.15) is 17.6 Å². The zero-order chi connectivity index (χ0) is 18.7. The van der Waals surface area contributed by atoms with Gasteiger partial charge < -0.3 is 24.2 Å². The quantitative estimate of drug-likeness (QED) is 0.819. The van der Waals surface area contributed by atoms with Gasteiger partial charge in [0.25, 0.3) is 0 Å². The number of nitrogens with zero attached hydrogens (tertiary/aromatic N) is 3. The van der Waals surface area contributed by atoms with Gasteiger partial charge in [-0.05, 0) is 25.0 Å². The van der Waals surface area contributed by atoms with Gasteiger partial charge in [0.05, 0.1) is 26.1 Å². The summed E-state index contributed by atoms with van der Waals surface area (Å²) in [6, 6.07) is 7.46. The summed E-state index contributed by atoms with van der Waals surface area (Å²) in [5.41, 5.74) is 0. The van der Waals surface area contributed by atoms with E-state index in [4.69, 9.17) is 9.47 Å². The highest BCUT2D eigenvalue weighted by molar-refractivity contribution is 5.81. The largest absolute Gasteiger partial charge is 0.497 e. The fourth-order valence-corrected chi connectivity index (χ4v) is 3.45.